The van der Waals surface area contributed by atoms with Crippen LogP contribution in [0.1, 0.15) is 40.5 Å². The van der Waals surface area contributed by atoms with Gasteiger partial charge in [0.1, 0.15) is 0 Å². The highest BCUT2D eigenvalue weighted by atomic mass is 16.5. The summed E-state index contributed by atoms with van der Waals surface area (Å²) in [6, 6.07) is 1.34. The highest BCUT2D eigenvalue weighted by Crippen LogP contribution is 2.38. The minimum Gasteiger partial charge on any atom is -0.383 e. The Kier molecular flexibility index (Phi) is 4.77. The van der Waals surface area contributed by atoms with Gasteiger partial charge in [-0.3, -0.25) is 4.90 Å². The Balaban J connectivity index is 2.65. The van der Waals surface area contributed by atoms with E-state index in [-0.39, 0.29) is 11.5 Å². The van der Waals surface area contributed by atoms with E-state index in [1.54, 1.807) is 7.11 Å². The lowest BCUT2D eigenvalue weighted by atomic mass is 9.87. The Labute approximate surface area is 100 Å². The molecule has 1 aliphatic carbocycles. The van der Waals surface area contributed by atoms with Crippen molar-refractivity contribution in [2.75, 3.05) is 20.3 Å². The van der Waals surface area contributed by atoms with Crippen molar-refractivity contribution in [3.63, 3.8) is 0 Å². The molecule has 1 fully saturated rings. The Morgan fingerprint density at radius 2 is 2.06 bits per heavy atom. The maximum Gasteiger partial charge on any atom is 0.0589 e. The Bertz CT molecular complexity index is 216. The summed E-state index contributed by atoms with van der Waals surface area (Å²) in [5.41, 5.74) is 6.67. The van der Waals surface area contributed by atoms with E-state index in [9.17, 15) is 0 Å². The van der Waals surface area contributed by atoms with Crippen molar-refractivity contribution in [1.82, 2.24) is 4.90 Å². The molecule has 1 aliphatic rings. The first-order chi connectivity index (χ1) is 7.40. The summed E-state index contributed by atoms with van der Waals surface area (Å²) in [4.78, 5) is 2.50. The summed E-state index contributed by atoms with van der Waals surface area (Å²) < 4.78 is 5.19. The van der Waals surface area contributed by atoms with E-state index in [0.29, 0.717) is 12.1 Å². The van der Waals surface area contributed by atoms with Crippen LogP contribution >= 0.6 is 0 Å². The molecule has 0 bridgehead atoms. The van der Waals surface area contributed by atoms with Crippen molar-refractivity contribution in [3.8, 4) is 0 Å². The number of ether oxygens (including phenoxy) is 1. The molecular weight excluding hydrogens is 200 g/mol. The van der Waals surface area contributed by atoms with Crippen LogP contribution in [-0.2, 0) is 4.74 Å². The smallest absolute Gasteiger partial charge is 0.0589 e. The molecule has 0 radical (unpaired) electrons. The Morgan fingerprint density at radius 3 is 2.44 bits per heavy atom. The second-order valence-electron chi connectivity index (χ2n) is 5.94. The number of hydrogen-bond donors (Lipinski definition) is 1. The zero-order chi connectivity index (χ0) is 12.3. The number of rotatable bonds is 5. The van der Waals surface area contributed by atoms with Crippen molar-refractivity contribution in [2.24, 2.45) is 11.1 Å². The number of nitrogens with zero attached hydrogens (tertiary/aromatic N) is 1. The summed E-state index contributed by atoms with van der Waals surface area (Å²) in [6.45, 7) is 10.8. The van der Waals surface area contributed by atoms with Gasteiger partial charge in [-0.15, -0.1) is 0 Å². The van der Waals surface area contributed by atoms with E-state index >= 15 is 0 Å². The van der Waals surface area contributed by atoms with Gasteiger partial charge in [0, 0.05) is 31.8 Å². The maximum absolute atomic E-state index is 6.38. The van der Waals surface area contributed by atoms with Gasteiger partial charge in [0.25, 0.3) is 0 Å². The van der Waals surface area contributed by atoms with Gasteiger partial charge in [-0.25, -0.2) is 0 Å². The largest absolute Gasteiger partial charge is 0.383 e. The fourth-order valence-corrected chi connectivity index (χ4v) is 2.76. The predicted octanol–water partition coefficient (Wildman–Crippen LogP) is 1.86. The molecular formula is C13H28N2O. The molecule has 3 nitrogen and oxygen atoms in total. The van der Waals surface area contributed by atoms with Crippen molar-refractivity contribution < 1.29 is 4.74 Å². The van der Waals surface area contributed by atoms with Gasteiger partial charge in [-0.1, -0.05) is 13.8 Å². The molecule has 1 rings (SSSR count). The number of methoxy groups -OCH3 is 1. The predicted molar refractivity (Wildman–Crippen MR) is 68.5 cm³/mol. The Morgan fingerprint density at radius 1 is 1.44 bits per heavy atom. The second-order valence-corrected chi connectivity index (χ2v) is 5.94. The molecule has 0 amide bonds. The first kappa shape index (κ1) is 13.9. The summed E-state index contributed by atoms with van der Waals surface area (Å²) >= 11 is 0. The van der Waals surface area contributed by atoms with Gasteiger partial charge in [-0.05, 0) is 32.1 Å². The highest BCUT2D eigenvalue weighted by Gasteiger charge is 2.42. The van der Waals surface area contributed by atoms with Crippen LogP contribution in [0.4, 0.5) is 0 Å². The molecule has 0 spiro atoms. The first-order valence-corrected chi connectivity index (χ1v) is 6.40. The molecule has 0 aromatic carbocycles. The van der Waals surface area contributed by atoms with Gasteiger partial charge >= 0.3 is 0 Å². The highest BCUT2D eigenvalue weighted by molar-refractivity contribution is 4.99. The Hall–Kier alpha value is -0.120. The van der Waals surface area contributed by atoms with E-state index in [1.165, 1.54) is 12.8 Å². The van der Waals surface area contributed by atoms with E-state index in [4.69, 9.17) is 10.5 Å². The average Bonchev–Trinajstić information content (AvgIpc) is 2.45. The molecule has 96 valence electrons. The van der Waals surface area contributed by atoms with Crippen LogP contribution in [0.25, 0.3) is 0 Å². The third-order valence-electron chi connectivity index (χ3n) is 4.04. The third kappa shape index (κ3) is 2.96. The van der Waals surface area contributed by atoms with Gasteiger partial charge < -0.3 is 10.5 Å². The fraction of sp³-hybridized carbons (Fsp3) is 1.00. The minimum absolute atomic E-state index is 0.283. The molecule has 0 aromatic rings. The van der Waals surface area contributed by atoms with Crippen LogP contribution in [0.2, 0.25) is 0 Å². The molecule has 16 heavy (non-hydrogen) atoms. The van der Waals surface area contributed by atoms with E-state index in [1.807, 2.05) is 0 Å². The minimum atomic E-state index is 0.283. The molecule has 0 aliphatic heterocycles. The zero-order valence-corrected chi connectivity index (χ0v) is 11.5. The van der Waals surface area contributed by atoms with Crippen LogP contribution in [-0.4, -0.2) is 43.3 Å². The zero-order valence-electron chi connectivity index (χ0n) is 11.5. The summed E-state index contributed by atoms with van der Waals surface area (Å²) in [7, 11) is 1.76. The molecule has 2 N–H and O–H groups in total. The third-order valence-corrected chi connectivity index (χ3v) is 4.04. The molecule has 2 atom stereocenters. The van der Waals surface area contributed by atoms with Crippen molar-refractivity contribution >= 4 is 0 Å². The maximum atomic E-state index is 6.38. The summed E-state index contributed by atoms with van der Waals surface area (Å²) in [5.74, 6) is 0. The van der Waals surface area contributed by atoms with Gasteiger partial charge in [0.15, 0.2) is 0 Å². The number of hydrogen-bond acceptors (Lipinski definition) is 3. The molecule has 3 heteroatoms. The molecule has 0 heterocycles. The normalized spacial score (nSPS) is 29.2. The van der Waals surface area contributed by atoms with Crippen LogP contribution in [0.15, 0.2) is 0 Å². The lowest BCUT2D eigenvalue weighted by molar-refractivity contribution is 0.0842. The lowest BCUT2D eigenvalue weighted by Gasteiger charge is -2.37. The van der Waals surface area contributed by atoms with Crippen LogP contribution in [0, 0.1) is 5.41 Å². The summed E-state index contributed by atoms with van der Waals surface area (Å²) in [6.07, 6.45) is 2.45. The topological polar surface area (TPSA) is 38.5 Å². The fourth-order valence-electron chi connectivity index (χ4n) is 2.76. The average molecular weight is 228 g/mol. The van der Waals surface area contributed by atoms with E-state index in [0.717, 1.165) is 13.2 Å². The second kappa shape index (κ2) is 5.48. The number of nitrogens with two attached hydrogens (primary N) is 1. The monoisotopic (exact) mass is 228 g/mol. The van der Waals surface area contributed by atoms with Gasteiger partial charge in [0.05, 0.1) is 6.61 Å². The van der Waals surface area contributed by atoms with Gasteiger partial charge in [-0.2, -0.15) is 0 Å². The van der Waals surface area contributed by atoms with E-state index in [2.05, 4.69) is 32.6 Å². The van der Waals surface area contributed by atoms with Crippen LogP contribution in [0.5, 0.6) is 0 Å². The molecule has 0 aromatic heterocycles. The van der Waals surface area contributed by atoms with Crippen molar-refractivity contribution in [3.05, 3.63) is 0 Å². The van der Waals surface area contributed by atoms with Crippen LogP contribution < -0.4 is 5.73 Å². The summed E-state index contributed by atoms with van der Waals surface area (Å²) in [5, 5.41) is 0. The SMILES string of the molecule is COCCN(C(C)C)C1CCC(C)(C)C1N. The van der Waals surface area contributed by atoms with Crippen molar-refractivity contribution in [1.29, 1.82) is 0 Å². The quantitative estimate of drug-likeness (QED) is 0.780. The molecule has 0 saturated heterocycles. The van der Waals surface area contributed by atoms with Gasteiger partial charge in [0.2, 0.25) is 0 Å². The lowest BCUT2D eigenvalue weighted by Crippen LogP contribution is -2.52. The first-order valence-electron chi connectivity index (χ1n) is 6.40. The molecule has 2 unspecified atom stereocenters. The van der Waals surface area contributed by atoms with Crippen LogP contribution in [0.3, 0.4) is 0 Å². The molecule has 1 saturated carbocycles. The van der Waals surface area contributed by atoms with E-state index < -0.39 is 0 Å². The van der Waals surface area contributed by atoms with Crippen molar-refractivity contribution in [2.45, 2.75) is 58.7 Å². The standard InChI is InChI=1S/C13H28N2O/c1-10(2)15(8-9-16-5)11-6-7-13(3,4)12(11)14/h10-12H,6-9,14H2,1-5H3.